The van der Waals surface area contributed by atoms with Gasteiger partial charge in [-0.05, 0) is 37.0 Å². The average molecular weight is 225 g/mol. The van der Waals surface area contributed by atoms with Crippen LogP contribution in [0.15, 0.2) is 18.2 Å². The fraction of sp³-hybridized carbons (Fsp3) is 0.417. The lowest BCUT2D eigenvalue weighted by atomic mass is 9.86. The van der Waals surface area contributed by atoms with Crippen molar-refractivity contribution in [1.29, 1.82) is 0 Å². The molecule has 0 aromatic heterocycles. The van der Waals surface area contributed by atoms with Crippen LogP contribution in [0.5, 0.6) is 5.75 Å². The van der Waals surface area contributed by atoms with E-state index >= 15 is 0 Å². The molecule has 80 valence electrons. The van der Waals surface area contributed by atoms with Crippen LogP contribution in [-0.2, 0) is 0 Å². The lowest BCUT2D eigenvalue weighted by Crippen LogP contribution is -2.19. The fourth-order valence-electron chi connectivity index (χ4n) is 1.61. The molecule has 2 nitrogen and oxygen atoms in total. The van der Waals surface area contributed by atoms with Crippen LogP contribution in [0.25, 0.3) is 0 Å². The lowest BCUT2D eigenvalue weighted by molar-refractivity contribution is 0.112. The zero-order chi connectivity index (χ0) is 10.7. The number of hydrogen-bond donors (Lipinski definition) is 0. The second-order valence-electron chi connectivity index (χ2n) is 3.95. The molecule has 1 aliphatic rings. The summed E-state index contributed by atoms with van der Waals surface area (Å²) in [5.41, 5.74) is 0.561. The van der Waals surface area contributed by atoms with Gasteiger partial charge in [-0.2, -0.15) is 0 Å². The molecule has 0 atom stereocenters. The monoisotopic (exact) mass is 224 g/mol. The second-order valence-corrected chi connectivity index (χ2v) is 4.38. The van der Waals surface area contributed by atoms with Gasteiger partial charge in [0, 0.05) is 10.6 Å². The first-order valence-electron chi connectivity index (χ1n) is 5.16. The molecule has 15 heavy (non-hydrogen) atoms. The Balaban J connectivity index is 1.99. The zero-order valence-electron chi connectivity index (χ0n) is 8.41. The standard InChI is InChI=1S/C12H13ClO2/c13-11-4-10(7-14)5-12(6-11)15-8-9-2-1-3-9/h4-7,9H,1-3,8H2. The Kier molecular flexibility index (Phi) is 3.27. The number of carbonyl (C=O) groups is 1. The molecule has 1 saturated carbocycles. The minimum atomic E-state index is 0.545. The van der Waals surface area contributed by atoms with E-state index in [0.717, 1.165) is 12.9 Å². The third-order valence-electron chi connectivity index (χ3n) is 2.74. The predicted molar refractivity (Wildman–Crippen MR) is 59.7 cm³/mol. The van der Waals surface area contributed by atoms with E-state index in [9.17, 15) is 4.79 Å². The SMILES string of the molecule is O=Cc1cc(Cl)cc(OCC2CCC2)c1. The molecule has 0 bridgehead atoms. The highest BCUT2D eigenvalue weighted by Gasteiger charge is 2.17. The van der Waals surface area contributed by atoms with Gasteiger partial charge in [-0.25, -0.2) is 0 Å². The topological polar surface area (TPSA) is 26.3 Å². The lowest BCUT2D eigenvalue weighted by Gasteiger charge is -2.25. The van der Waals surface area contributed by atoms with Crippen molar-refractivity contribution in [2.24, 2.45) is 5.92 Å². The van der Waals surface area contributed by atoms with Gasteiger partial charge in [0.25, 0.3) is 0 Å². The third kappa shape index (κ3) is 2.72. The van der Waals surface area contributed by atoms with Crippen molar-refractivity contribution in [3.05, 3.63) is 28.8 Å². The maximum atomic E-state index is 10.6. The normalized spacial score (nSPS) is 15.8. The molecule has 1 aromatic carbocycles. The Morgan fingerprint density at radius 1 is 1.40 bits per heavy atom. The first-order valence-corrected chi connectivity index (χ1v) is 5.54. The maximum absolute atomic E-state index is 10.6. The van der Waals surface area contributed by atoms with Gasteiger partial charge >= 0.3 is 0 Å². The summed E-state index contributed by atoms with van der Waals surface area (Å²) in [5, 5.41) is 0.545. The molecule has 1 aliphatic carbocycles. The highest BCUT2D eigenvalue weighted by molar-refractivity contribution is 6.31. The number of hydrogen-bond acceptors (Lipinski definition) is 2. The molecule has 1 fully saturated rings. The van der Waals surface area contributed by atoms with Crippen molar-refractivity contribution >= 4 is 17.9 Å². The minimum Gasteiger partial charge on any atom is -0.493 e. The van der Waals surface area contributed by atoms with E-state index in [4.69, 9.17) is 16.3 Å². The molecule has 0 aliphatic heterocycles. The summed E-state index contributed by atoms with van der Waals surface area (Å²) in [6, 6.07) is 5.09. The van der Waals surface area contributed by atoms with Crippen molar-refractivity contribution in [3.63, 3.8) is 0 Å². The molecular formula is C12H13ClO2. The average Bonchev–Trinajstić information content (AvgIpc) is 2.14. The van der Waals surface area contributed by atoms with Crippen LogP contribution in [-0.4, -0.2) is 12.9 Å². The van der Waals surface area contributed by atoms with Gasteiger partial charge in [-0.3, -0.25) is 4.79 Å². The Labute approximate surface area is 94.2 Å². The second kappa shape index (κ2) is 4.67. The van der Waals surface area contributed by atoms with Crippen molar-refractivity contribution in [2.45, 2.75) is 19.3 Å². The molecule has 0 spiro atoms. The number of carbonyl (C=O) groups excluding carboxylic acids is 1. The van der Waals surface area contributed by atoms with E-state index in [2.05, 4.69) is 0 Å². The Hall–Kier alpha value is -1.02. The van der Waals surface area contributed by atoms with Gasteiger partial charge in [0.2, 0.25) is 0 Å². The largest absolute Gasteiger partial charge is 0.493 e. The molecule has 0 heterocycles. The van der Waals surface area contributed by atoms with Crippen molar-refractivity contribution in [1.82, 2.24) is 0 Å². The molecule has 0 saturated heterocycles. The Morgan fingerprint density at radius 3 is 2.80 bits per heavy atom. The van der Waals surface area contributed by atoms with E-state index in [1.54, 1.807) is 18.2 Å². The first-order chi connectivity index (χ1) is 7.28. The molecule has 0 amide bonds. The van der Waals surface area contributed by atoms with Gasteiger partial charge in [0.1, 0.15) is 12.0 Å². The van der Waals surface area contributed by atoms with Gasteiger partial charge < -0.3 is 4.74 Å². The van der Waals surface area contributed by atoms with Crippen LogP contribution >= 0.6 is 11.6 Å². The highest BCUT2D eigenvalue weighted by Crippen LogP contribution is 2.28. The summed E-state index contributed by atoms with van der Waals surface area (Å²) < 4.78 is 5.59. The van der Waals surface area contributed by atoms with Gasteiger partial charge in [-0.1, -0.05) is 18.0 Å². The van der Waals surface area contributed by atoms with Crippen LogP contribution in [0.4, 0.5) is 0 Å². The summed E-state index contributed by atoms with van der Waals surface area (Å²) in [5.74, 6) is 1.38. The van der Waals surface area contributed by atoms with Crippen LogP contribution < -0.4 is 4.74 Å². The first kappa shape index (κ1) is 10.5. The molecule has 0 N–H and O–H groups in total. The molecule has 1 aromatic rings. The maximum Gasteiger partial charge on any atom is 0.150 e. The van der Waals surface area contributed by atoms with Crippen molar-refractivity contribution in [3.8, 4) is 5.75 Å². The van der Waals surface area contributed by atoms with Gasteiger partial charge in [0.15, 0.2) is 0 Å². The van der Waals surface area contributed by atoms with E-state index in [0.29, 0.717) is 22.3 Å². The number of halogens is 1. The molecule has 0 radical (unpaired) electrons. The minimum absolute atomic E-state index is 0.545. The predicted octanol–water partition coefficient (Wildman–Crippen LogP) is 3.33. The molecule has 2 rings (SSSR count). The zero-order valence-corrected chi connectivity index (χ0v) is 9.17. The smallest absolute Gasteiger partial charge is 0.150 e. The quantitative estimate of drug-likeness (QED) is 0.734. The Morgan fingerprint density at radius 2 is 2.20 bits per heavy atom. The van der Waals surface area contributed by atoms with E-state index in [1.807, 2.05) is 0 Å². The highest BCUT2D eigenvalue weighted by atomic mass is 35.5. The van der Waals surface area contributed by atoms with Gasteiger partial charge in [0.05, 0.1) is 6.61 Å². The molecular weight excluding hydrogens is 212 g/mol. The summed E-state index contributed by atoms with van der Waals surface area (Å²) in [7, 11) is 0. The number of rotatable bonds is 4. The van der Waals surface area contributed by atoms with Crippen LogP contribution in [0, 0.1) is 5.92 Å². The van der Waals surface area contributed by atoms with E-state index < -0.39 is 0 Å². The van der Waals surface area contributed by atoms with E-state index in [1.165, 1.54) is 19.3 Å². The van der Waals surface area contributed by atoms with Gasteiger partial charge in [-0.15, -0.1) is 0 Å². The summed E-state index contributed by atoms with van der Waals surface area (Å²) in [4.78, 5) is 10.6. The summed E-state index contributed by atoms with van der Waals surface area (Å²) in [6.45, 7) is 0.735. The number of ether oxygens (including phenoxy) is 1. The molecule has 3 heteroatoms. The number of aldehydes is 1. The van der Waals surface area contributed by atoms with Crippen LogP contribution in [0.2, 0.25) is 5.02 Å². The fourth-order valence-corrected chi connectivity index (χ4v) is 1.84. The Bertz CT molecular complexity index is 359. The van der Waals surface area contributed by atoms with Crippen LogP contribution in [0.1, 0.15) is 29.6 Å². The summed E-state index contributed by atoms with van der Waals surface area (Å²) >= 11 is 5.85. The van der Waals surface area contributed by atoms with E-state index in [-0.39, 0.29) is 0 Å². The third-order valence-corrected chi connectivity index (χ3v) is 2.96. The van der Waals surface area contributed by atoms with Crippen LogP contribution in [0.3, 0.4) is 0 Å². The number of benzene rings is 1. The molecule has 0 unspecified atom stereocenters. The van der Waals surface area contributed by atoms with Crippen molar-refractivity contribution < 1.29 is 9.53 Å². The summed E-state index contributed by atoms with van der Waals surface area (Å²) in [6.07, 6.45) is 4.59. The van der Waals surface area contributed by atoms with Crippen molar-refractivity contribution in [2.75, 3.05) is 6.61 Å².